The highest BCUT2D eigenvalue weighted by Crippen LogP contribution is 2.49. The molecule has 0 N–H and O–H groups in total. The average Bonchev–Trinajstić information content (AvgIpc) is 3.01. The van der Waals surface area contributed by atoms with E-state index >= 15 is 0 Å². The van der Waals surface area contributed by atoms with Crippen molar-refractivity contribution in [3.05, 3.63) is 12.2 Å². The average molecular weight is 326 g/mol. The lowest BCUT2D eigenvalue weighted by molar-refractivity contribution is -0.150. The molecule has 4 atom stereocenters. The van der Waals surface area contributed by atoms with Crippen molar-refractivity contribution in [1.29, 1.82) is 0 Å². The van der Waals surface area contributed by atoms with Gasteiger partial charge < -0.3 is 9.47 Å². The summed E-state index contributed by atoms with van der Waals surface area (Å²) in [5.74, 6) is -1.84. The summed E-state index contributed by atoms with van der Waals surface area (Å²) in [6, 6.07) is 0. The number of carbonyl (C=O) groups is 3. The highest BCUT2D eigenvalue weighted by molar-refractivity contribution is 5.93. The number of hydrogen-bond donors (Lipinski definition) is 0. The molecule has 1 aliphatic carbocycles. The highest BCUT2D eigenvalue weighted by Gasteiger charge is 2.56. The molecule has 0 amide bonds. The van der Waals surface area contributed by atoms with Gasteiger partial charge in [0.15, 0.2) is 12.0 Å². The van der Waals surface area contributed by atoms with Crippen molar-refractivity contribution in [2.24, 2.45) is 11.8 Å². The summed E-state index contributed by atoms with van der Waals surface area (Å²) in [6.45, 7) is 1.93. The first-order valence-corrected chi connectivity index (χ1v) is 8.08. The van der Waals surface area contributed by atoms with E-state index in [0.29, 0.717) is 12.8 Å². The summed E-state index contributed by atoms with van der Waals surface area (Å²) < 4.78 is 23.9. The molecule has 1 aliphatic heterocycles. The molecule has 0 aromatic heterocycles. The van der Waals surface area contributed by atoms with Crippen LogP contribution in [0.3, 0.4) is 0 Å². The SMILES string of the molecule is CCCC[C@@H](F)C(=O)C=C[C@@]12C[C@H](C(=O)OC)C[C@H]1CC(=O)O2. The van der Waals surface area contributed by atoms with E-state index in [1.165, 1.54) is 19.3 Å². The molecule has 1 saturated heterocycles. The van der Waals surface area contributed by atoms with Crippen LogP contribution in [0.15, 0.2) is 12.2 Å². The Balaban J connectivity index is 2.08. The van der Waals surface area contributed by atoms with Crippen molar-refractivity contribution in [1.82, 2.24) is 0 Å². The van der Waals surface area contributed by atoms with Gasteiger partial charge in [-0.1, -0.05) is 19.8 Å². The molecule has 0 bridgehead atoms. The zero-order chi connectivity index (χ0) is 17.0. The van der Waals surface area contributed by atoms with E-state index in [1.807, 2.05) is 6.92 Å². The maximum absolute atomic E-state index is 13.8. The first kappa shape index (κ1) is 17.6. The molecule has 5 nitrogen and oxygen atoms in total. The molecule has 6 heteroatoms. The summed E-state index contributed by atoms with van der Waals surface area (Å²) in [7, 11) is 1.32. The second-order valence-corrected chi connectivity index (χ2v) is 6.34. The molecule has 0 radical (unpaired) electrons. The number of ether oxygens (including phenoxy) is 2. The Labute approximate surface area is 135 Å². The Morgan fingerprint density at radius 2 is 2.26 bits per heavy atom. The fraction of sp³-hybridized carbons (Fsp3) is 0.706. The number of halogens is 1. The van der Waals surface area contributed by atoms with Crippen LogP contribution >= 0.6 is 0 Å². The van der Waals surface area contributed by atoms with Crippen LogP contribution in [-0.4, -0.2) is 36.6 Å². The Hall–Kier alpha value is -1.72. The van der Waals surface area contributed by atoms with Crippen molar-refractivity contribution in [3.8, 4) is 0 Å². The maximum Gasteiger partial charge on any atom is 0.308 e. The van der Waals surface area contributed by atoms with Crippen LogP contribution in [0.5, 0.6) is 0 Å². The summed E-state index contributed by atoms with van der Waals surface area (Å²) in [5, 5.41) is 0. The van der Waals surface area contributed by atoms with Crippen LogP contribution in [0.4, 0.5) is 4.39 Å². The van der Waals surface area contributed by atoms with E-state index in [2.05, 4.69) is 0 Å². The van der Waals surface area contributed by atoms with E-state index in [0.717, 1.165) is 6.42 Å². The number of rotatable bonds is 7. The van der Waals surface area contributed by atoms with Gasteiger partial charge in [-0.25, -0.2) is 4.39 Å². The summed E-state index contributed by atoms with van der Waals surface area (Å²) in [5.41, 5.74) is -0.976. The third kappa shape index (κ3) is 3.79. The smallest absolute Gasteiger partial charge is 0.308 e. The Morgan fingerprint density at radius 3 is 2.91 bits per heavy atom. The van der Waals surface area contributed by atoms with Gasteiger partial charge in [-0.2, -0.15) is 0 Å². The van der Waals surface area contributed by atoms with Crippen LogP contribution in [-0.2, 0) is 23.9 Å². The predicted octanol–water partition coefficient (Wildman–Crippen LogP) is 2.52. The predicted molar refractivity (Wildman–Crippen MR) is 80.2 cm³/mol. The molecule has 2 rings (SSSR count). The van der Waals surface area contributed by atoms with Crippen molar-refractivity contribution in [3.63, 3.8) is 0 Å². The molecular weight excluding hydrogens is 303 g/mol. The molecule has 0 aromatic carbocycles. The van der Waals surface area contributed by atoms with Crippen LogP contribution < -0.4 is 0 Å². The fourth-order valence-electron chi connectivity index (χ4n) is 3.45. The van der Waals surface area contributed by atoms with Crippen molar-refractivity contribution in [2.75, 3.05) is 7.11 Å². The first-order valence-electron chi connectivity index (χ1n) is 8.08. The van der Waals surface area contributed by atoms with E-state index < -0.39 is 17.6 Å². The molecular formula is C17H23FO5. The summed E-state index contributed by atoms with van der Waals surface area (Å²) >= 11 is 0. The molecule has 2 aliphatic rings. The minimum atomic E-state index is -1.53. The van der Waals surface area contributed by atoms with Crippen LogP contribution in [0.2, 0.25) is 0 Å². The van der Waals surface area contributed by atoms with Crippen LogP contribution in [0, 0.1) is 11.8 Å². The molecule has 128 valence electrons. The van der Waals surface area contributed by atoms with Gasteiger partial charge in [0.25, 0.3) is 0 Å². The summed E-state index contributed by atoms with van der Waals surface area (Å²) in [6.07, 6.45) is 3.75. The largest absolute Gasteiger partial charge is 0.469 e. The standard InChI is InChI=1S/C17H23FO5/c1-3-4-5-13(18)14(19)6-7-17-10-11(16(21)22-2)8-12(17)9-15(20)23-17/h6-7,11-13H,3-5,8-10H2,1-2H3/t11-,12+,13-,17-/m1/s1. The number of ketones is 1. The van der Waals surface area contributed by atoms with E-state index in [4.69, 9.17) is 9.47 Å². The quantitative estimate of drug-likeness (QED) is 0.531. The topological polar surface area (TPSA) is 69.7 Å². The lowest BCUT2D eigenvalue weighted by Crippen LogP contribution is -2.30. The minimum absolute atomic E-state index is 0.170. The second kappa shape index (κ2) is 7.23. The molecule has 23 heavy (non-hydrogen) atoms. The number of allylic oxidation sites excluding steroid dienone is 1. The Bertz CT molecular complexity index is 515. The zero-order valence-electron chi connectivity index (χ0n) is 13.5. The van der Waals surface area contributed by atoms with Gasteiger partial charge in [-0.3, -0.25) is 14.4 Å². The van der Waals surface area contributed by atoms with Gasteiger partial charge in [0.05, 0.1) is 19.4 Å². The molecule has 0 spiro atoms. The van der Waals surface area contributed by atoms with Gasteiger partial charge in [-0.15, -0.1) is 0 Å². The van der Waals surface area contributed by atoms with Gasteiger partial charge in [0, 0.05) is 12.3 Å². The Kier molecular flexibility index (Phi) is 5.55. The van der Waals surface area contributed by atoms with Crippen molar-refractivity contribution < 1.29 is 28.2 Å². The number of fused-ring (bicyclic) bond motifs is 1. The first-order chi connectivity index (χ1) is 10.9. The third-order valence-electron chi connectivity index (χ3n) is 4.73. The van der Waals surface area contributed by atoms with Crippen molar-refractivity contribution in [2.45, 2.75) is 57.2 Å². The highest BCUT2D eigenvalue weighted by atomic mass is 19.1. The lowest BCUT2D eigenvalue weighted by Gasteiger charge is -2.23. The zero-order valence-corrected chi connectivity index (χ0v) is 13.5. The fourth-order valence-corrected chi connectivity index (χ4v) is 3.45. The number of hydrogen-bond acceptors (Lipinski definition) is 5. The minimum Gasteiger partial charge on any atom is -0.469 e. The number of esters is 2. The van der Waals surface area contributed by atoms with Gasteiger partial charge in [-0.05, 0) is 25.0 Å². The lowest BCUT2D eigenvalue weighted by atomic mass is 9.90. The number of unbranched alkanes of at least 4 members (excludes halogenated alkanes) is 1. The number of alkyl halides is 1. The van der Waals surface area contributed by atoms with Crippen LogP contribution in [0.25, 0.3) is 0 Å². The maximum atomic E-state index is 13.8. The molecule has 1 heterocycles. The van der Waals surface area contributed by atoms with Crippen LogP contribution in [0.1, 0.15) is 45.4 Å². The molecule has 0 aromatic rings. The van der Waals surface area contributed by atoms with E-state index in [-0.39, 0.29) is 43.0 Å². The van der Waals surface area contributed by atoms with Gasteiger partial charge >= 0.3 is 11.9 Å². The van der Waals surface area contributed by atoms with Crippen molar-refractivity contribution >= 4 is 17.7 Å². The Morgan fingerprint density at radius 1 is 1.52 bits per heavy atom. The third-order valence-corrected chi connectivity index (χ3v) is 4.73. The summed E-state index contributed by atoms with van der Waals surface area (Å²) in [4.78, 5) is 35.2. The molecule has 1 saturated carbocycles. The van der Waals surface area contributed by atoms with Gasteiger partial charge in [0.1, 0.15) is 5.60 Å². The monoisotopic (exact) mass is 326 g/mol. The normalized spacial score (nSPS) is 31.0. The van der Waals surface area contributed by atoms with E-state index in [9.17, 15) is 18.8 Å². The van der Waals surface area contributed by atoms with E-state index in [1.54, 1.807) is 0 Å². The molecule has 0 unspecified atom stereocenters. The molecule has 2 fully saturated rings. The van der Waals surface area contributed by atoms with Gasteiger partial charge in [0.2, 0.25) is 0 Å². The number of methoxy groups -OCH3 is 1. The number of carbonyl (C=O) groups excluding carboxylic acids is 3. The second-order valence-electron chi connectivity index (χ2n) is 6.34.